The fourth-order valence-electron chi connectivity index (χ4n) is 3.28. The van der Waals surface area contributed by atoms with Gasteiger partial charge in [0.15, 0.2) is 5.78 Å². The summed E-state index contributed by atoms with van der Waals surface area (Å²) in [6, 6.07) is 5.62. The molecule has 0 N–H and O–H groups in total. The number of ketones is 1. The number of carbonyl (C=O) groups excluding carboxylic acids is 1. The zero-order valence-electron chi connectivity index (χ0n) is 12.8. The van der Waals surface area contributed by atoms with Crippen LogP contribution in [0.1, 0.15) is 53.0 Å². The van der Waals surface area contributed by atoms with E-state index >= 15 is 0 Å². The van der Waals surface area contributed by atoms with Crippen molar-refractivity contribution in [2.24, 2.45) is 5.41 Å². The molecule has 0 bridgehead atoms. The molecule has 0 fully saturated rings. The Labute approximate surface area is 124 Å². The lowest BCUT2D eigenvalue weighted by Crippen LogP contribution is -2.37. The molecule has 1 atom stereocenters. The average Bonchev–Trinajstić information content (AvgIpc) is 2.36. The van der Waals surface area contributed by atoms with E-state index in [1.54, 1.807) is 6.20 Å². The quantitative estimate of drug-likeness (QED) is 0.806. The fraction of sp³-hybridized carbons (Fsp3) is 0.412. The van der Waals surface area contributed by atoms with E-state index in [2.05, 4.69) is 28.8 Å². The van der Waals surface area contributed by atoms with Gasteiger partial charge in [-0.2, -0.15) is 0 Å². The molecular weight excluding hydrogens is 262 g/mol. The largest absolute Gasteiger partial charge is 0.293 e. The predicted molar refractivity (Wildman–Crippen MR) is 80.3 cm³/mol. The standard InChI is InChI=1S/C17H19N3O/c1-10-8-13(20-11(2)19-10)15-16(21)12-6-5-7-18-14(12)9-17(15,3)4/h5-8,15H,9H2,1-4H3. The molecule has 2 aromatic rings. The Bertz CT molecular complexity index is 701. The van der Waals surface area contributed by atoms with Gasteiger partial charge in [0.05, 0.1) is 17.3 Å². The maximum absolute atomic E-state index is 13.0. The van der Waals surface area contributed by atoms with Crippen LogP contribution in [0.2, 0.25) is 0 Å². The van der Waals surface area contributed by atoms with Crippen LogP contribution in [0.4, 0.5) is 0 Å². The zero-order chi connectivity index (χ0) is 15.2. The van der Waals surface area contributed by atoms with Crippen LogP contribution in [0.3, 0.4) is 0 Å². The van der Waals surface area contributed by atoms with E-state index in [9.17, 15) is 4.79 Å². The summed E-state index contributed by atoms with van der Waals surface area (Å²) in [5, 5.41) is 0. The third-order valence-electron chi connectivity index (χ3n) is 4.10. The summed E-state index contributed by atoms with van der Waals surface area (Å²) in [5.41, 5.74) is 3.15. The Balaban J connectivity index is 2.15. The molecule has 1 aliphatic carbocycles. The van der Waals surface area contributed by atoms with Gasteiger partial charge in [0, 0.05) is 17.5 Å². The van der Waals surface area contributed by atoms with Crippen molar-refractivity contribution < 1.29 is 4.79 Å². The first-order chi connectivity index (χ1) is 9.88. The molecule has 108 valence electrons. The van der Waals surface area contributed by atoms with Gasteiger partial charge in [0.2, 0.25) is 0 Å². The molecule has 2 aromatic heterocycles. The number of nitrogens with zero attached hydrogens (tertiary/aromatic N) is 3. The lowest BCUT2D eigenvalue weighted by atomic mass is 9.66. The number of hydrogen-bond acceptors (Lipinski definition) is 4. The molecule has 1 aliphatic rings. The minimum absolute atomic E-state index is 0.117. The van der Waals surface area contributed by atoms with Crippen molar-refractivity contribution in [1.29, 1.82) is 0 Å². The van der Waals surface area contributed by atoms with Crippen LogP contribution in [0.15, 0.2) is 24.4 Å². The van der Waals surface area contributed by atoms with Crippen LogP contribution >= 0.6 is 0 Å². The Morgan fingerprint density at radius 1 is 1.24 bits per heavy atom. The molecule has 3 rings (SSSR count). The van der Waals surface area contributed by atoms with Gasteiger partial charge >= 0.3 is 0 Å². The van der Waals surface area contributed by atoms with Crippen molar-refractivity contribution in [2.45, 2.75) is 40.0 Å². The van der Waals surface area contributed by atoms with Gasteiger partial charge in [-0.3, -0.25) is 9.78 Å². The maximum atomic E-state index is 13.0. The van der Waals surface area contributed by atoms with E-state index in [0.29, 0.717) is 5.82 Å². The summed E-state index contributed by atoms with van der Waals surface area (Å²) < 4.78 is 0. The monoisotopic (exact) mass is 281 g/mol. The predicted octanol–water partition coefficient (Wildman–Crippen LogP) is 3.04. The molecule has 0 saturated carbocycles. The van der Waals surface area contributed by atoms with Gasteiger partial charge in [-0.1, -0.05) is 13.8 Å². The molecule has 1 unspecified atom stereocenters. The Hall–Kier alpha value is -2.10. The van der Waals surface area contributed by atoms with E-state index < -0.39 is 0 Å². The smallest absolute Gasteiger partial charge is 0.174 e. The summed E-state index contributed by atoms with van der Waals surface area (Å²) in [4.78, 5) is 26.2. The Kier molecular flexibility index (Phi) is 3.12. The SMILES string of the molecule is Cc1cc(C2C(=O)c3cccnc3CC2(C)C)nc(C)n1. The van der Waals surface area contributed by atoms with Gasteiger partial charge in [0.25, 0.3) is 0 Å². The second kappa shape index (κ2) is 4.72. The Morgan fingerprint density at radius 2 is 2.00 bits per heavy atom. The van der Waals surface area contributed by atoms with Crippen LogP contribution in [-0.2, 0) is 6.42 Å². The third-order valence-corrected chi connectivity index (χ3v) is 4.10. The van der Waals surface area contributed by atoms with Crippen LogP contribution in [0, 0.1) is 19.3 Å². The number of carbonyl (C=O) groups is 1. The first-order valence-corrected chi connectivity index (χ1v) is 7.19. The lowest BCUT2D eigenvalue weighted by molar-refractivity contribution is 0.0854. The summed E-state index contributed by atoms with van der Waals surface area (Å²) in [6.07, 6.45) is 2.53. The lowest BCUT2D eigenvalue weighted by Gasteiger charge is -2.37. The highest BCUT2D eigenvalue weighted by Crippen LogP contribution is 2.44. The minimum Gasteiger partial charge on any atom is -0.293 e. The number of rotatable bonds is 1. The summed E-state index contributed by atoms with van der Waals surface area (Å²) in [6.45, 7) is 8.03. The van der Waals surface area contributed by atoms with Crippen molar-refractivity contribution in [2.75, 3.05) is 0 Å². The van der Waals surface area contributed by atoms with E-state index in [1.807, 2.05) is 32.0 Å². The fourth-order valence-corrected chi connectivity index (χ4v) is 3.28. The normalized spacial score (nSPS) is 20.2. The molecule has 21 heavy (non-hydrogen) atoms. The number of Topliss-reactive ketones (excluding diaryl/α,β-unsaturated/α-hetero) is 1. The topological polar surface area (TPSA) is 55.7 Å². The van der Waals surface area contributed by atoms with Crippen LogP contribution in [0.5, 0.6) is 0 Å². The highest BCUT2D eigenvalue weighted by atomic mass is 16.1. The van der Waals surface area contributed by atoms with E-state index in [0.717, 1.165) is 29.1 Å². The molecule has 0 spiro atoms. The molecule has 0 saturated heterocycles. The zero-order valence-corrected chi connectivity index (χ0v) is 12.8. The van der Waals surface area contributed by atoms with Gasteiger partial charge in [-0.15, -0.1) is 0 Å². The molecular formula is C17H19N3O. The van der Waals surface area contributed by atoms with Gasteiger partial charge in [-0.05, 0) is 43.9 Å². The van der Waals surface area contributed by atoms with Gasteiger partial charge in [-0.25, -0.2) is 9.97 Å². The molecule has 4 heteroatoms. The van der Waals surface area contributed by atoms with Crippen LogP contribution in [0.25, 0.3) is 0 Å². The second-order valence-corrected chi connectivity index (χ2v) is 6.44. The number of fused-ring (bicyclic) bond motifs is 1. The van der Waals surface area contributed by atoms with Crippen molar-refractivity contribution in [3.05, 3.63) is 52.9 Å². The van der Waals surface area contributed by atoms with Crippen LogP contribution < -0.4 is 0 Å². The highest BCUT2D eigenvalue weighted by Gasteiger charge is 2.43. The van der Waals surface area contributed by atoms with E-state index in [-0.39, 0.29) is 17.1 Å². The van der Waals surface area contributed by atoms with E-state index in [4.69, 9.17) is 0 Å². The first kappa shape index (κ1) is 13.9. The number of hydrogen-bond donors (Lipinski definition) is 0. The van der Waals surface area contributed by atoms with E-state index in [1.165, 1.54) is 0 Å². The molecule has 4 nitrogen and oxygen atoms in total. The average molecular weight is 281 g/mol. The van der Waals surface area contributed by atoms with Gasteiger partial charge < -0.3 is 0 Å². The molecule has 0 amide bonds. The first-order valence-electron chi connectivity index (χ1n) is 7.19. The minimum atomic E-state index is -0.241. The maximum Gasteiger partial charge on any atom is 0.174 e. The van der Waals surface area contributed by atoms with Crippen molar-refractivity contribution >= 4 is 5.78 Å². The summed E-state index contributed by atoms with van der Waals surface area (Å²) in [5.74, 6) is 0.590. The van der Waals surface area contributed by atoms with Crippen molar-refractivity contribution in [3.8, 4) is 0 Å². The Morgan fingerprint density at radius 3 is 2.71 bits per heavy atom. The summed E-state index contributed by atoms with van der Waals surface area (Å²) in [7, 11) is 0. The molecule has 0 radical (unpaired) electrons. The summed E-state index contributed by atoms with van der Waals surface area (Å²) >= 11 is 0. The second-order valence-electron chi connectivity index (χ2n) is 6.44. The number of aryl methyl sites for hydroxylation is 2. The van der Waals surface area contributed by atoms with Crippen molar-refractivity contribution in [3.63, 3.8) is 0 Å². The molecule has 0 aromatic carbocycles. The number of pyridine rings is 1. The highest BCUT2D eigenvalue weighted by molar-refractivity contribution is 6.03. The van der Waals surface area contributed by atoms with Gasteiger partial charge in [0.1, 0.15) is 5.82 Å². The van der Waals surface area contributed by atoms with Crippen LogP contribution in [-0.4, -0.2) is 20.7 Å². The number of aromatic nitrogens is 3. The molecule has 0 aliphatic heterocycles. The van der Waals surface area contributed by atoms with Crippen molar-refractivity contribution in [1.82, 2.24) is 15.0 Å². The third kappa shape index (κ3) is 2.35. The molecule has 2 heterocycles.